The summed E-state index contributed by atoms with van der Waals surface area (Å²) in [6.45, 7) is 0. The number of hydrazone groups is 1. The summed E-state index contributed by atoms with van der Waals surface area (Å²) in [4.78, 5) is 9.29. The summed E-state index contributed by atoms with van der Waals surface area (Å²) < 4.78 is 6.28. The Morgan fingerprint density at radius 3 is 2.10 bits per heavy atom. The van der Waals surface area contributed by atoms with Crippen LogP contribution in [0.3, 0.4) is 0 Å². The molecular weight excluding hydrogens is 440 g/mol. The van der Waals surface area contributed by atoms with E-state index in [1.807, 2.05) is 84.9 Å². The number of aromatic nitrogens is 2. The molecule has 4 rings (SSSR count). The lowest BCUT2D eigenvalue weighted by molar-refractivity contribution is 0.415. The molecule has 0 saturated carbocycles. The summed E-state index contributed by atoms with van der Waals surface area (Å²) >= 11 is 3.43. The van der Waals surface area contributed by atoms with E-state index in [4.69, 9.17) is 4.74 Å². The Hall–Kier alpha value is -3.51. The van der Waals surface area contributed by atoms with Crippen molar-refractivity contribution in [3.05, 3.63) is 95.0 Å². The summed E-state index contributed by atoms with van der Waals surface area (Å²) in [5.41, 5.74) is 7.53. The maximum Gasteiger partial charge on any atom is 0.244 e. The van der Waals surface area contributed by atoms with Gasteiger partial charge in [0.15, 0.2) is 0 Å². The van der Waals surface area contributed by atoms with E-state index in [2.05, 4.69) is 36.4 Å². The molecule has 0 spiro atoms. The minimum absolute atomic E-state index is 0.426. The van der Waals surface area contributed by atoms with E-state index in [0.29, 0.717) is 5.95 Å². The summed E-state index contributed by atoms with van der Waals surface area (Å²) in [6, 6.07) is 27.6. The molecule has 5 nitrogen and oxygen atoms in total. The summed E-state index contributed by atoms with van der Waals surface area (Å²) in [5, 5.41) is 4.30. The van der Waals surface area contributed by atoms with Gasteiger partial charge in [0.05, 0.1) is 24.7 Å². The number of halogens is 1. The highest BCUT2D eigenvalue weighted by atomic mass is 79.9. The van der Waals surface area contributed by atoms with Gasteiger partial charge in [0.1, 0.15) is 5.75 Å². The first-order chi connectivity index (χ1) is 14.7. The van der Waals surface area contributed by atoms with Crippen LogP contribution in [0.25, 0.3) is 22.5 Å². The predicted molar refractivity (Wildman–Crippen MR) is 125 cm³/mol. The molecule has 148 valence electrons. The van der Waals surface area contributed by atoms with Crippen LogP contribution in [0.2, 0.25) is 0 Å². The van der Waals surface area contributed by atoms with Gasteiger partial charge in [0.2, 0.25) is 5.95 Å². The van der Waals surface area contributed by atoms with E-state index in [1.165, 1.54) is 0 Å². The number of hydrogen-bond acceptors (Lipinski definition) is 5. The third-order valence-corrected chi connectivity index (χ3v) is 4.96. The van der Waals surface area contributed by atoms with Crippen LogP contribution in [-0.2, 0) is 0 Å². The van der Waals surface area contributed by atoms with Gasteiger partial charge in [-0.25, -0.2) is 15.4 Å². The van der Waals surface area contributed by atoms with E-state index in [1.54, 1.807) is 13.3 Å². The van der Waals surface area contributed by atoms with Crippen molar-refractivity contribution in [2.24, 2.45) is 5.10 Å². The molecule has 0 bridgehead atoms. The first-order valence-corrected chi connectivity index (χ1v) is 10.1. The Morgan fingerprint density at radius 1 is 0.833 bits per heavy atom. The highest BCUT2D eigenvalue weighted by Crippen LogP contribution is 2.26. The number of rotatable bonds is 6. The van der Waals surface area contributed by atoms with Gasteiger partial charge in [-0.15, -0.1) is 0 Å². The number of nitrogens with zero attached hydrogens (tertiary/aromatic N) is 3. The molecule has 4 aromatic rings. The molecule has 0 saturated heterocycles. The van der Waals surface area contributed by atoms with Crippen LogP contribution < -0.4 is 10.2 Å². The topological polar surface area (TPSA) is 59.4 Å². The van der Waals surface area contributed by atoms with Gasteiger partial charge in [0.25, 0.3) is 0 Å². The van der Waals surface area contributed by atoms with Crippen molar-refractivity contribution in [1.82, 2.24) is 9.97 Å². The smallest absolute Gasteiger partial charge is 0.244 e. The van der Waals surface area contributed by atoms with Crippen molar-refractivity contribution in [3.8, 4) is 28.3 Å². The summed E-state index contributed by atoms with van der Waals surface area (Å²) in [6.07, 6.45) is 1.73. The Labute approximate surface area is 183 Å². The molecule has 0 aliphatic rings. The molecule has 30 heavy (non-hydrogen) atoms. The standard InChI is InChI=1S/C24H19BrN4O/c1-30-21-13-9-19(10-14-21)23-15-22(18-5-3-2-4-6-18)27-24(28-23)29-26-16-17-7-11-20(25)12-8-17/h2-16H,1H3,(H,27,28,29)/b26-16+. The number of ether oxygens (including phenoxy) is 1. The minimum atomic E-state index is 0.426. The zero-order valence-corrected chi connectivity index (χ0v) is 17.9. The van der Waals surface area contributed by atoms with Crippen LogP contribution >= 0.6 is 15.9 Å². The normalized spacial score (nSPS) is 10.9. The number of methoxy groups -OCH3 is 1. The van der Waals surface area contributed by atoms with Crippen LogP contribution in [0.1, 0.15) is 5.56 Å². The molecule has 0 unspecified atom stereocenters. The van der Waals surface area contributed by atoms with Crippen LogP contribution in [0, 0.1) is 0 Å². The molecule has 0 atom stereocenters. The van der Waals surface area contributed by atoms with E-state index < -0.39 is 0 Å². The Balaban J connectivity index is 1.67. The van der Waals surface area contributed by atoms with Crippen LogP contribution in [0.4, 0.5) is 5.95 Å². The molecule has 0 amide bonds. The quantitative estimate of drug-likeness (QED) is 0.283. The van der Waals surface area contributed by atoms with Crippen molar-refractivity contribution in [2.75, 3.05) is 12.5 Å². The minimum Gasteiger partial charge on any atom is -0.497 e. The van der Waals surface area contributed by atoms with E-state index in [9.17, 15) is 0 Å². The van der Waals surface area contributed by atoms with Gasteiger partial charge in [0, 0.05) is 15.6 Å². The molecule has 3 aromatic carbocycles. The molecule has 0 aliphatic heterocycles. The number of nitrogens with one attached hydrogen (secondary N) is 1. The molecule has 0 fully saturated rings. The second-order valence-corrected chi connectivity index (χ2v) is 7.39. The van der Waals surface area contributed by atoms with Crippen molar-refractivity contribution in [2.45, 2.75) is 0 Å². The van der Waals surface area contributed by atoms with Crippen LogP contribution in [-0.4, -0.2) is 23.3 Å². The molecule has 6 heteroatoms. The first-order valence-electron chi connectivity index (χ1n) is 9.35. The van der Waals surface area contributed by atoms with Crippen LogP contribution in [0.5, 0.6) is 5.75 Å². The fourth-order valence-corrected chi connectivity index (χ4v) is 3.14. The van der Waals surface area contributed by atoms with E-state index >= 15 is 0 Å². The first kappa shape index (κ1) is 19.8. The van der Waals surface area contributed by atoms with Gasteiger partial charge in [-0.2, -0.15) is 5.10 Å². The zero-order chi connectivity index (χ0) is 20.8. The second kappa shape index (κ2) is 9.33. The Bertz CT molecular complexity index is 1140. The van der Waals surface area contributed by atoms with Crippen molar-refractivity contribution in [3.63, 3.8) is 0 Å². The Morgan fingerprint density at radius 2 is 1.47 bits per heavy atom. The second-order valence-electron chi connectivity index (χ2n) is 6.48. The fraction of sp³-hybridized carbons (Fsp3) is 0.0417. The number of benzene rings is 3. The maximum absolute atomic E-state index is 5.26. The van der Waals surface area contributed by atoms with E-state index in [0.717, 1.165) is 38.3 Å². The molecule has 1 aromatic heterocycles. The zero-order valence-electron chi connectivity index (χ0n) is 16.3. The van der Waals surface area contributed by atoms with Crippen molar-refractivity contribution >= 4 is 28.1 Å². The molecule has 0 aliphatic carbocycles. The molecule has 0 radical (unpaired) electrons. The van der Waals surface area contributed by atoms with Gasteiger partial charge in [-0.3, -0.25) is 0 Å². The summed E-state index contributed by atoms with van der Waals surface area (Å²) in [7, 11) is 1.65. The van der Waals surface area contributed by atoms with Gasteiger partial charge >= 0.3 is 0 Å². The Kier molecular flexibility index (Phi) is 6.15. The third kappa shape index (κ3) is 4.90. The van der Waals surface area contributed by atoms with Crippen molar-refractivity contribution in [1.29, 1.82) is 0 Å². The lowest BCUT2D eigenvalue weighted by Gasteiger charge is -2.09. The fourth-order valence-electron chi connectivity index (χ4n) is 2.88. The average Bonchev–Trinajstić information content (AvgIpc) is 2.81. The largest absolute Gasteiger partial charge is 0.497 e. The average molecular weight is 459 g/mol. The lowest BCUT2D eigenvalue weighted by atomic mass is 10.1. The maximum atomic E-state index is 5.26. The molecule has 1 N–H and O–H groups in total. The van der Waals surface area contributed by atoms with Crippen molar-refractivity contribution < 1.29 is 4.74 Å². The third-order valence-electron chi connectivity index (χ3n) is 4.43. The number of hydrogen-bond donors (Lipinski definition) is 1. The lowest BCUT2D eigenvalue weighted by Crippen LogP contribution is -2.00. The molecular formula is C24H19BrN4O. The monoisotopic (exact) mass is 458 g/mol. The number of anilines is 1. The SMILES string of the molecule is COc1ccc(-c2cc(-c3ccccc3)nc(N/N=C/c3ccc(Br)cc3)n2)cc1. The van der Waals surface area contributed by atoms with E-state index in [-0.39, 0.29) is 0 Å². The highest BCUT2D eigenvalue weighted by molar-refractivity contribution is 9.10. The predicted octanol–water partition coefficient (Wildman–Crippen LogP) is 6.03. The highest BCUT2D eigenvalue weighted by Gasteiger charge is 2.08. The summed E-state index contributed by atoms with van der Waals surface area (Å²) in [5.74, 6) is 1.23. The molecule has 1 heterocycles. The van der Waals surface area contributed by atoms with Crippen LogP contribution in [0.15, 0.2) is 94.5 Å². The van der Waals surface area contributed by atoms with Gasteiger partial charge < -0.3 is 4.74 Å². The van der Waals surface area contributed by atoms with Gasteiger partial charge in [-0.05, 0) is 48.0 Å². The van der Waals surface area contributed by atoms with Gasteiger partial charge in [-0.1, -0.05) is 58.4 Å².